The molecule has 0 saturated heterocycles. The molecular weight excluding hydrogens is 240 g/mol. The van der Waals surface area contributed by atoms with Crippen molar-refractivity contribution < 1.29 is 14.3 Å². The van der Waals surface area contributed by atoms with Gasteiger partial charge in [0.05, 0.1) is 0 Å². The van der Waals surface area contributed by atoms with Gasteiger partial charge in [0.2, 0.25) is 0 Å². The second-order valence-corrected chi connectivity index (χ2v) is 4.58. The Kier molecular flexibility index (Phi) is 6.00. The monoisotopic (exact) mass is 260 g/mol. The Labute approximate surface area is 114 Å². The predicted molar refractivity (Wildman–Crippen MR) is 75.6 cm³/mol. The zero-order valence-electron chi connectivity index (χ0n) is 11.5. The van der Waals surface area contributed by atoms with Crippen molar-refractivity contribution >= 4 is 17.3 Å². The maximum Gasteiger partial charge on any atom is 0.303 e. The van der Waals surface area contributed by atoms with E-state index in [-0.39, 0.29) is 17.9 Å². The van der Waals surface area contributed by atoms with Crippen molar-refractivity contribution in [3.8, 4) is 0 Å². The Bertz CT molecular complexity index is 448. The van der Waals surface area contributed by atoms with Crippen molar-refractivity contribution in [1.82, 2.24) is 0 Å². The summed E-state index contributed by atoms with van der Waals surface area (Å²) in [6, 6.07) is 9.63. The zero-order chi connectivity index (χ0) is 14.3. The molecule has 0 aromatic heterocycles. The van der Waals surface area contributed by atoms with Gasteiger partial charge < -0.3 is 9.53 Å². The van der Waals surface area contributed by atoms with Crippen molar-refractivity contribution in [2.45, 2.75) is 39.2 Å². The van der Waals surface area contributed by atoms with E-state index in [0.29, 0.717) is 19.3 Å². The van der Waals surface area contributed by atoms with Crippen LogP contribution in [0.1, 0.15) is 38.7 Å². The molecule has 19 heavy (non-hydrogen) atoms. The van der Waals surface area contributed by atoms with Gasteiger partial charge in [-0.15, -0.1) is 0 Å². The molecule has 0 amide bonds. The summed E-state index contributed by atoms with van der Waals surface area (Å²) in [6.45, 7) is 6.96. The zero-order valence-corrected chi connectivity index (χ0v) is 11.5. The standard InChI is InChI=1S/C16H20O3/c1-12(17)8-7-11-16(19-14(3)18)13(2)15-9-5-4-6-10-15/h4-6,9-10,16H,2,7-8,11H2,1,3H3. The highest BCUT2D eigenvalue weighted by Gasteiger charge is 2.17. The van der Waals surface area contributed by atoms with Gasteiger partial charge in [-0.2, -0.15) is 0 Å². The van der Waals surface area contributed by atoms with Gasteiger partial charge in [-0.25, -0.2) is 0 Å². The van der Waals surface area contributed by atoms with Gasteiger partial charge in [-0.1, -0.05) is 36.9 Å². The van der Waals surface area contributed by atoms with Crippen LogP contribution in [0, 0.1) is 0 Å². The minimum atomic E-state index is -0.362. The second kappa shape index (κ2) is 7.52. The molecule has 0 bridgehead atoms. The van der Waals surface area contributed by atoms with Crippen LogP contribution in [0.25, 0.3) is 5.57 Å². The summed E-state index contributed by atoms with van der Waals surface area (Å²) in [4.78, 5) is 22.1. The molecule has 1 aromatic carbocycles. The summed E-state index contributed by atoms with van der Waals surface area (Å²) in [5.74, 6) is -0.184. The molecule has 0 aliphatic rings. The molecule has 0 heterocycles. The number of carbonyl (C=O) groups excluding carboxylic acids is 2. The third-order valence-corrected chi connectivity index (χ3v) is 2.84. The summed E-state index contributed by atoms with van der Waals surface area (Å²) in [7, 11) is 0. The van der Waals surface area contributed by atoms with Crippen LogP contribution in [0.2, 0.25) is 0 Å². The molecule has 0 fully saturated rings. The lowest BCUT2D eigenvalue weighted by Crippen LogP contribution is -2.18. The molecule has 1 aromatic rings. The average molecular weight is 260 g/mol. The quantitative estimate of drug-likeness (QED) is 0.706. The van der Waals surface area contributed by atoms with Crippen molar-refractivity contribution in [3.63, 3.8) is 0 Å². The average Bonchev–Trinajstić information content (AvgIpc) is 2.37. The Balaban J connectivity index is 2.70. The lowest BCUT2D eigenvalue weighted by Gasteiger charge is -2.19. The fourth-order valence-electron chi connectivity index (χ4n) is 1.88. The van der Waals surface area contributed by atoms with E-state index in [1.165, 1.54) is 6.92 Å². The molecule has 0 aliphatic carbocycles. The first-order chi connectivity index (χ1) is 9.00. The van der Waals surface area contributed by atoms with Gasteiger partial charge in [0.15, 0.2) is 0 Å². The number of Topliss-reactive ketones (excluding diaryl/α,β-unsaturated/α-hetero) is 1. The maximum absolute atomic E-state index is 11.2. The molecule has 0 saturated carbocycles. The number of hydrogen-bond donors (Lipinski definition) is 0. The first-order valence-electron chi connectivity index (χ1n) is 6.41. The van der Waals surface area contributed by atoms with Crippen molar-refractivity contribution in [2.24, 2.45) is 0 Å². The third kappa shape index (κ3) is 5.51. The maximum atomic E-state index is 11.2. The van der Waals surface area contributed by atoms with Crippen molar-refractivity contribution in [2.75, 3.05) is 0 Å². The molecule has 3 nitrogen and oxygen atoms in total. The fourth-order valence-corrected chi connectivity index (χ4v) is 1.88. The number of rotatable bonds is 7. The summed E-state index contributed by atoms with van der Waals surface area (Å²) in [5.41, 5.74) is 1.73. The van der Waals surface area contributed by atoms with Gasteiger partial charge in [0, 0.05) is 13.3 Å². The summed E-state index contributed by atoms with van der Waals surface area (Å²) >= 11 is 0. The lowest BCUT2D eigenvalue weighted by molar-refractivity contribution is -0.143. The van der Waals surface area contributed by atoms with Crippen LogP contribution in [0.5, 0.6) is 0 Å². The van der Waals surface area contributed by atoms with E-state index in [1.54, 1.807) is 6.92 Å². The van der Waals surface area contributed by atoms with Gasteiger partial charge in [-0.05, 0) is 30.9 Å². The van der Waals surface area contributed by atoms with E-state index in [0.717, 1.165) is 11.1 Å². The predicted octanol–water partition coefficient (Wildman–Crippen LogP) is 3.39. The van der Waals surface area contributed by atoms with Crippen molar-refractivity contribution in [1.29, 1.82) is 0 Å². The van der Waals surface area contributed by atoms with Gasteiger partial charge in [-0.3, -0.25) is 4.79 Å². The number of ether oxygens (including phenoxy) is 1. The van der Waals surface area contributed by atoms with Crippen LogP contribution >= 0.6 is 0 Å². The number of hydrogen-bond acceptors (Lipinski definition) is 3. The highest BCUT2D eigenvalue weighted by atomic mass is 16.5. The normalized spacial score (nSPS) is 11.7. The van der Waals surface area contributed by atoms with Gasteiger partial charge in [0.1, 0.15) is 11.9 Å². The second-order valence-electron chi connectivity index (χ2n) is 4.58. The van der Waals surface area contributed by atoms with E-state index in [4.69, 9.17) is 4.74 Å². The van der Waals surface area contributed by atoms with Crippen LogP contribution in [0.4, 0.5) is 0 Å². The molecule has 3 heteroatoms. The summed E-state index contributed by atoms with van der Waals surface area (Å²) in [6.07, 6.45) is 1.45. The first kappa shape index (κ1) is 15.2. The largest absolute Gasteiger partial charge is 0.458 e. The Morgan fingerprint density at radius 3 is 2.37 bits per heavy atom. The van der Waals surface area contributed by atoms with Crippen LogP contribution in [-0.2, 0) is 14.3 Å². The molecule has 0 N–H and O–H groups in total. The Hall–Kier alpha value is -1.90. The van der Waals surface area contributed by atoms with Crippen LogP contribution in [0.15, 0.2) is 36.9 Å². The lowest BCUT2D eigenvalue weighted by atomic mass is 9.98. The van der Waals surface area contributed by atoms with Gasteiger partial charge >= 0.3 is 5.97 Å². The topological polar surface area (TPSA) is 43.4 Å². The van der Waals surface area contributed by atoms with Gasteiger partial charge in [0.25, 0.3) is 0 Å². The summed E-state index contributed by atoms with van der Waals surface area (Å²) in [5, 5.41) is 0. The fraction of sp³-hybridized carbons (Fsp3) is 0.375. The number of carbonyl (C=O) groups is 2. The van der Waals surface area contributed by atoms with Crippen LogP contribution in [0.3, 0.4) is 0 Å². The molecule has 1 unspecified atom stereocenters. The number of esters is 1. The molecule has 102 valence electrons. The third-order valence-electron chi connectivity index (χ3n) is 2.84. The molecular formula is C16H20O3. The molecule has 0 spiro atoms. The van der Waals surface area contributed by atoms with E-state index in [1.807, 2.05) is 30.3 Å². The van der Waals surface area contributed by atoms with Crippen LogP contribution < -0.4 is 0 Å². The number of benzene rings is 1. The molecule has 1 rings (SSSR count). The van der Waals surface area contributed by atoms with E-state index >= 15 is 0 Å². The molecule has 1 atom stereocenters. The highest BCUT2D eigenvalue weighted by Crippen LogP contribution is 2.23. The smallest absolute Gasteiger partial charge is 0.303 e. The van der Waals surface area contributed by atoms with E-state index in [9.17, 15) is 9.59 Å². The van der Waals surface area contributed by atoms with E-state index < -0.39 is 0 Å². The molecule has 0 radical (unpaired) electrons. The first-order valence-corrected chi connectivity index (χ1v) is 6.41. The minimum absolute atomic E-state index is 0.145. The van der Waals surface area contributed by atoms with Crippen molar-refractivity contribution in [3.05, 3.63) is 42.5 Å². The summed E-state index contributed by atoms with van der Waals surface area (Å²) < 4.78 is 5.30. The Morgan fingerprint density at radius 2 is 1.84 bits per heavy atom. The van der Waals surface area contributed by atoms with Crippen LogP contribution in [-0.4, -0.2) is 17.9 Å². The van der Waals surface area contributed by atoms with E-state index in [2.05, 4.69) is 6.58 Å². The molecule has 0 aliphatic heterocycles. The Morgan fingerprint density at radius 1 is 1.21 bits per heavy atom. The number of ketones is 1. The minimum Gasteiger partial charge on any atom is -0.458 e. The highest BCUT2D eigenvalue weighted by molar-refractivity contribution is 5.75. The SMILES string of the molecule is C=C(c1ccccc1)C(CCCC(C)=O)OC(C)=O.